The third-order valence-electron chi connectivity index (χ3n) is 4.46. The van der Waals surface area contributed by atoms with Crippen molar-refractivity contribution in [2.45, 2.75) is 59.5 Å². The maximum absolute atomic E-state index is 12.4. The van der Waals surface area contributed by atoms with Crippen LogP contribution in [0.3, 0.4) is 0 Å². The number of para-hydroxylation sites is 1. The summed E-state index contributed by atoms with van der Waals surface area (Å²) >= 11 is 0. The van der Waals surface area contributed by atoms with Gasteiger partial charge in [-0.25, -0.2) is 0 Å². The van der Waals surface area contributed by atoms with Gasteiger partial charge in [0.25, 0.3) is 5.91 Å². The molecular formula is C23H31NO3. The Balaban J connectivity index is 1.84. The average Bonchev–Trinajstić information content (AvgIpc) is 2.66. The van der Waals surface area contributed by atoms with Crippen LogP contribution in [0.5, 0.6) is 11.5 Å². The van der Waals surface area contributed by atoms with E-state index < -0.39 is 6.10 Å². The molecular weight excluding hydrogens is 338 g/mol. The number of nitrogens with one attached hydrogen (secondary N) is 1. The molecule has 2 rings (SSSR count). The van der Waals surface area contributed by atoms with Crippen molar-refractivity contribution < 1.29 is 14.3 Å². The molecule has 0 bridgehead atoms. The normalized spacial score (nSPS) is 11.7. The predicted molar refractivity (Wildman–Crippen MR) is 111 cm³/mol. The quantitative estimate of drug-likeness (QED) is 0.549. The smallest absolute Gasteiger partial charge is 0.265 e. The number of hydrogen-bond donors (Lipinski definition) is 1. The number of benzene rings is 2. The largest absolute Gasteiger partial charge is 0.494 e. The lowest BCUT2D eigenvalue weighted by Crippen LogP contribution is -2.30. The van der Waals surface area contributed by atoms with Gasteiger partial charge in [-0.1, -0.05) is 44.4 Å². The molecule has 0 saturated carbocycles. The van der Waals surface area contributed by atoms with E-state index in [0.29, 0.717) is 0 Å². The van der Waals surface area contributed by atoms with Gasteiger partial charge in [-0.15, -0.1) is 0 Å². The number of aryl methyl sites for hydroxylation is 2. The Morgan fingerprint density at radius 1 is 1.00 bits per heavy atom. The van der Waals surface area contributed by atoms with Crippen molar-refractivity contribution in [1.29, 1.82) is 0 Å². The molecule has 2 aromatic carbocycles. The Morgan fingerprint density at radius 2 is 1.67 bits per heavy atom. The molecule has 0 saturated heterocycles. The van der Waals surface area contributed by atoms with Crippen molar-refractivity contribution in [2.24, 2.45) is 0 Å². The summed E-state index contributed by atoms with van der Waals surface area (Å²) in [5.41, 5.74) is 2.78. The molecule has 0 aromatic heterocycles. The summed E-state index contributed by atoms with van der Waals surface area (Å²) in [5.74, 6) is 1.42. The van der Waals surface area contributed by atoms with Crippen molar-refractivity contribution in [2.75, 3.05) is 11.9 Å². The Bertz CT molecular complexity index is 705. The lowest BCUT2D eigenvalue weighted by atomic mass is 10.1. The number of ether oxygens (including phenoxy) is 2. The lowest BCUT2D eigenvalue weighted by molar-refractivity contribution is -0.122. The molecule has 1 N–H and O–H groups in total. The van der Waals surface area contributed by atoms with Crippen LogP contribution in [0.4, 0.5) is 5.69 Å². The van der Waals surface area contributed by atoms with Crippen LogP contribution in [-0.2, 0) is 4.79 Å². The third-order valence-corrected chi connectivity index (χ3v) is 4.46. The van der Waals surface area contributed by atoms with Crippen LogP contribution in [0.15, 0.2) is 42.5 Å². The molecule has 0 spiro atoms. The maximum Gasteiger partial charge on any atom is 0.265 e. The first-order chi connectivity index (χ1) is 13.0. The number of carbonyl (C=O) groups excluding carboxylic acids is 1. The third kappa shape index (κ3) is 6.63. The molecule has 4 nitrogen and oxygen atoms in total. The van der Waals surface area contributed by atoms with E-state index in [1.54, 1.807) is 6.92 Å². The van der Waals surface area contributed by atoms with Gasteiger partial charge in [-0.3, -0.25) is 4.79 Å². The van der Waals surface area contributed by atoms with Crippen molar-refractivity contribution in [3.05, 3.63) is 53.6 Å². The van der Waals surface area contributed by atoms with Crippen LogP contribution in [0.2, 0.25) is 0 Å². The second kappa shape index (κ2) is 10.6. The predicted octanol–water partition coefficient (Wildman–Crippen LogP) is 5.67. The Morgan fingerprint density at radius 3 is 2.30 bits per heavy atom. The zero-order valence-corrected chi connectivity index (χ0v) is 16.9. The minimum absolute atomic E-state index is 0.175. The first-order valence-corrected chi connectivity index (χ1v) is 9.78. The van der Waals surface area contributed by atoms with Gasteiger partial charge >= 0.3 is 0 Å². The summed E-state index contributed by atoms with van der Waals surface area (Å²) in [5, 5.41) is 2.89. The highest BCUT2D eigenvalue weighted by molar-refractivity contribution is 5.94. The number of anilines is 1. The zero-order chi connectivity index (χ0) is 19.6. The first kappa shape index (κ1) is 20.8. The molecule has 0 aliphatic rings. The van der Waals surface area contributed by atoms with Gasteiger partial charge < -0.3 is 14.8 Å². The van der Waals surface area contributed by atoms with E-state index in [1.165, 1.54) is 19.3 Å². The van der Waals surface area contributed by atoms with Gasteiger partial charge in [0.15, 0.2) is 6.10 Å². The molecule has 2 aromatic rings. The number of hydrogen-bond acceptors (Lipinski definition) is 3. The number of unbranched alkanes of at least 4 members (excludes halogenated alkanes) is 3. The van der Waals surface area contributed by atoms with E-state index in [9.17, 15) is 4.79 Å². The van der Waals surface area contributed by atoms with Crippen molar-refractivity contribution in [1.82, 2.24) is 0 Å². The van der Waals surface area contributed by atoms with Crippen molar-refractivity contribution in [3.8, 4) is 11.5 Å². The number of rotatable bonds is 10. The van der Waals surface area contributed by atoms with Crippen LogP contribution in [0.25, 0.3) is 0 Å². The fourth-order valence-corrected chi connectivity index (χ4v) is 2.81. The highest BCUT2D eigenvalue weighted by Crippen LogP contribution is 2.24. The van der Waals surface area contributed by atoms with E-state index in [0.717, 1.165) is 41.3 Å². The Labute approximate surface area is 162 Å². The molecule has 0 unspecified atom stereocenters. The standard InChI is InChI=1S/C23H31NO3/c1-5-6-7-8-16-26-21-14-12-20(13-15-21)24-23(25)19(4)27-22-17(2)10-9-11-18(22)3/h9-15,19H,5-8,16H2,1-4H3,(H,24,25)/t19-/m1/s1. The van der Waals surface area contributed by atoms with Crippen LogP contribution in [0.1, 0.15) is 50.7 Å². The van der Waals surface area contributed by atoms with E-state index in [1.807, 2.05) is 56.3 Å². The van der Waals surface area contributed by atoms with E-state index >= 15 is 0 Å². The molecule has 146 valence electrons. The van der Waals surface area contributed by atoms with Gasteiger partial charge in [0.1, 0.15) is 11.5 Å². The van der Waals surface area contributed by atoms with E-state index in [2.05, 4.69) is 12.2 Å². The van der Waals surface area contributed by atoms with Gasteiger partial charge in [-0.05, 0) is 62.6 Å². The van der Waals surface area contributed by atoms with E-state index in [4.69, 9.17) is 9.47 Å². The molecule has 1 atom stereocenters. The minimum Gasteiger partial charge on any atom is -0.494 e. The van der Waals surface area contributed by atoms with Crippen LogP contribution in [0, 0.1) is 13.8 Å². The fourth-order valence-electron chi connectivity index (χ4n) is 2.81. The average molecular weight is 370 g/mol. The first-order valence-electron chi connectivity index (χ1n) is 9.78. The summed E-state index contributed by atoms with van der Waals surface area (Å²) < 4.78 is 11.6. The Kier molecular flexibility index (Phi) is 8.18. The zero-order valence-electron chi connectivity index (χ0n) is 16.9. The summed E-state index contributed by atoms with van der Waals surface area (Å²) in [7, 11) is 0. The van der Waals surface area contributed by atoms with E-state index in [-0.39, 0.29) is 5.91 Å². The SMILES string of the molecule is CCCCCCOc1ccc(NC(=O)[C@@H](C)Oc2c(C)cccc2C)cc1. The Hall–Kier alpha value is -2.49. The molecule has 0 aliphatic carbocycles. The minimum atomic E-state index is -0.584. The topological polar surface area (TPSA) is 47.6 Å². The molecule has 27 heavy (non-hydrogen) atoms. The van der Waals surface area contributed by atoms with Gasteiger partial charge in [0.05, 0.1) is 6.61 Å². The second-order valence-electron chi connectivity index (χ2n) is 6.90. The van der Waals surface area contributed by atoms with Crippen molar-refractivity contribution in [3.63, 3.8) is 0 Å². The summed E-state index contributed by atoms with van der Waals surface area (Å²) in [6.45, 7) is 8.64. The summed E-state index contributed by atoms with van der Waals surface area (Å²) in [6, 6.07) is 13.4. The lowest BCUT2D eigenvalue weighted by Gasteiger charge is -2.18. The van der Waals surface area contributed by atoms with Gasteiger partial charge in [0.2, 0.25) is 0 Å². The fraction of sp³-hybridized carbons (Fsp3) is 0.435. The van der Waals surface area contributed by atoms with Gasteiger partial charge in [-0.2, -0.15) is 0 Å². The molecule has 0 heterocycles. The highest BCUT2D eigenvalue weighted by atomic mass is 16.5. The van der Waals surface area contributed by atoms with Crippen LogP contribution < -0.4 is 14.8 Å². The molecule has 4 heteroatoms. The molecule has 0 aliphatic heterocycles. The highest BCUT2D eigenvalue weighted by Gasteiger charge is 2.17. The van der Waals surface area contributed by atoms with Gasteiger partial charge in [0, 0.05) is 5.69 Å². The number of amides is 1. The maximum atomic E-state index is 12.4. The summed E-state index contributed by atoms with van der Waals surface area (Å²) in [4.78, 5) is 12.4. The molecule has 1 amide bonds. The molecule has 0 radical (unpaired) electrons. The van der Waals surface area contributed by atoms with Crippen LogP contribution in [-0.4, -0.2) is 18.6 Å². The number of carbonyl (C=O) groups is 1. The molecule has 0 fully saturated rings. The second-order valence-corrected chi connectivity index (χ2v) is 6.90. The van der Waals surface area contributed by atoms with Crippen molar-refractivity contribution >= 4 is 11.6 Å². The monoisotopic (exact) mass is 369 g/mol. The summed E-state index contributed by atoms with van der Waals surface area (Å²) in [6.07, 6.45) is 4.15. The van der Waals surface area contributed by atoms with Crippen LogP contribution >= 0.6 is 0 Å².